The third-order valence-electron chi connectivity index (χ3n) is 7.59. The van der Waals surface area contributed by atoms with Crippen molar-refractivity contribution < 1.29 is 27.1 Å². The van der Waals surface area contributed by atoms with Crippen LogP contribution in [0.1, 0.15) is 31.7 Å². The molecule has 36 heavy (non-hydrogen) atoms. The maximum Gasteiger partial charge on any atom is 0.248 e. The summed E-state index contributed by atoms with van der Waals surface area (Å²) < 4.78 is 46.1. The summed E-state index contributed by atoms with van der Waals surface area (Å²) in [5, 5.41) is 6.45. The Balaban J connectivity index is 1.72. The number of rotatable bonds is 8. The fourth-order valence-electron chi connectivity index (χ4n) is 5.49. The van der Waals surface area contributed by atoms with Crippen molar-refractivity contribution in [3.63, 3.8) is 0 Å². The number of nitrogens with one attached hydrogen (secondary N) is 3. The first-order valence-corrected chi connectivity index (χ1v) is 13.9. The first-order valence-electron chi connectivity index (χ1n) is 12.0. The van der Waals surface area contributed by atoms with Crippen molar-refractivity contribution in [2.75, 3.05) is 33.5 Å². The van der Waals surface area contributed by atoms with Gasteiger partial charge < -0.3 is 25.3 Å². The third-order valence-corrected chi connectivity index (χ3v) is 8.87. The largest absolute Gasteiger partial charge is 0.379 e. The first kappa shape index (κ1) is 26.5. The molecule has 6 atom stereocenters. The smallest absolute Gasteiger partial charge is 0.248 e. The van der Waals surface area contributed by atoms with Crippen molar-refractivity contribution in [1.82, 2.24) is 24.8 Å². The van der Waals surface area contributed by atoms with Crippen molar-refractivity contribution in [3.8, 4) is 0 Å². The molecule has 0 saturated carbocycles. The number of ether oxygens (including phenoxy) is 1. The number of amides is 2. The number of likely N-dealkylation sites (N-methyl/N-ethyl adjacent to an activating group) is 1. The van der Waals surface area contributed by atoms with Crippen molar-refractivity contribution in [3.05, 3.63) is 35.8 Å². The highest BCUT2D eigenvalue weighted by Gasteiger charge is 2.54. The minimum atomic E-state index is -3.54. The lowest BCUT2D eigenvalue weighted by Gasteiger charge is -2.34. The number of hydrogen-bond acceptors (Lipinski definition) is 6. The van der Waals surface area contributed by atoms with Crippen LogP contribution in [0.5, 0.6) is 0 Å². The van der Waals surface area contributed by atoms with Crippen molar-refractivity contribution >= 4 is 32.7 Å². The zero-order valence-electron chi connectivity index (χ0n) is 21.1. The lowest BCUT2D eigenvalue weighted by atomic mass is 9.91. The number of sulfonamides is 1. The van der Waals surface area contributed by atoms with Gasteiger partial charge in [0.15, 0.2) is 0 Å². The van der Waals surface area contributed by atoms with E-state index in [0.29, 0.717) is 18.5 Å². The van der Waals surface area contributed by atoms with Gasteiger partial charge in [-0.1, -0.05) is 0 Å². The van der Waals surface area contributed by atoms with Crippen molar-refractivity contribution in [2.24, 2.45) is 0 Å². The Morgan fingerprint density at radius 3 is 2.64 bits per heavy atom. The summed E-state index contributed by atoms with van der Waals surface area (Å²) in [7, 11) is -0.415. The number of fused-ring (bicyclic) bond motifs is 2. The van der Waals surface area contributed by atoms with E-state index in [1.807, 2.05) is 0 Å². The maximum atomic E-state index is 13.9. The molecular formula is C24H34FN5O5S. The zero-order chi connectivity index (χ0) is 26.4. The van der Waals surface area contributed by atoms with Crippen LogP contribution in [0.2, 0.25) is 0 Å². The molecule has 2 amide bonds. The minimum Gasteiger partial charge on any atom is -0.379 e. The van der Waals surface area contributed by atoms with Gasteiger partial charge in [0.2, 0.25) is 21.8 Å². The second-order valence-corrected chi connectivity index (χ2v) is 11.6. The van der Waals surface area contributed by atoms with Gasteiger partial charge in [-0.3, -0.25) is 9.59 Å². The highest BCUT2D eigenvalue weighted by molar-refractivity contribution is 7.88. The van der Waals surface area contributed by atoms with Crippen LogP contribution in [0.15, 0.2) is 24.4 Å². The van der Waals surface area contributed by atoms with E-state index in [1.54, 1.807) is 38.1 Å². The Hall–Kier alpha value is -2.54. The number of nitrogens with zero attached hydrogens (tertiary/aromatic N) is 2. The molecule has 0 aliphatic carbocycles. The maximum absolute atomic E-state index is 13.9. The summed E-state index contributed by atoms with van der Waals surface area (Å²) in [6.07, 6.45) is 2.82. The molecule has 2 aromatic rings. The molecule has 2 aliphatic heterocycles. The summed E-state index contributed by atoms with van der Waals surface area (Å²) in [5.74, 6) is -1.37. The Morgan fingerprint density at radius 1 is 1.28 bits per heavy atom. The molecule has 198 valence electrons. The summed E-state index contributed by atoms with van der Waals surface area (Å²) in [6, 6.07) is 2.14. The predicted molar refractivity (Wildman–Crippen MR) is 133 cm³/mol. The molecule has 3 heterocycles. The number of halogens is 1. The lowest BCUT2D eigenvalue weighted by Crippen LogP contribution is -2.58. The molecule has 1 aromatic carbocycles. The highest BCUT2D eigenvalue weighted by Crippen LogP contribution is 2.44. The van der Waals surface area contributed by atoms with Gasteiger partial charge in [-0.25, -0.2) is 12.8 Å². The Kier molecular flexibility index (Phi) is 7.42. The topological polar surface area (TPSA) is 124 Å². The van der Waals surface area contributed by atoms with Gasteiger partial charge in [-0.2, -0.15) is 4.31 Å². The van der Waals surface area contributed by atoms with E-state index in [1.165, 1.54) is 29.8 Å². The van der Waals surface area contributed by atoms with E-state index in [4.69, 9.17) is 4.74 Å². The number of likely N-dealkylation sites (tertiary alicyclic amines) is 1. The van der Waals surface area contributed by atoms with E-state index in [-0.39, 0.29) is 30.1 Å². The molecule has 12 heteroatoms. The van der Waals surface area contributed by atoms with Gasteiger partial charge in [0.05, 0.1) is 24.4 Å². The SMILES string of the molecule is CNC(C)C(=O)NC(C(=O)N1CCC2C1C(c1c[nH]c3cc(F)ccc13)CN2S(C)(=O)=O)C(C)OC. The average molecular weight is 524 g/mol. The first-order chi connectivity index (χ1) is 17.0. The molecule has 4 rings (SSSR count). The summed E-state index contributed by atoms with van der Waals surface area (Å²) in [6.45, 7) is 3.95. The summed E-state index contributed by atoms with van der Waals surface area (Å²) in [5.41, 5.74) is 1.43. The van der Waals surface area contributed by atoms with E-state index in [9.17, 15) is 22.4 Å². The number of carbonyl (C=O) groups is 2. The molecular weight excluding hydrogens is 489 g/mol. The third kappa shape index (κ3) is 4.74. The van der Waals surface area contributed by atoms with Crippen LogP contribution in [0.4, 0.5) is 4.39 Å². The summed E-state index contributed by atoms with van der Waals surface area (Å²) in [4.78, 5) is 31.3. The predicted octanol–water partition coefficient (Wildman–Crippen LogP) is 0.763. The normalized spacial score (nSPS) is 25.1. The molecule has 2 saturated heterocycles. The number of hydrogen-bond donors (Lipinski definition) is 3. The molecule has 0 radical (unpaired) electrons. The van der Waals surface area contributed by atoms with Crippen molar-refractivity contribution in [1.29, 1.82) is 0 Å². The quantitative estimate of drug-likeness (QED) is 0.470. The van der Waals surface area contributed by atoms with Crippen molar-refractivity contribution in [2.45, 2.75) is 56.5 Å². The second kappa shape index (κ2) is 10.1. The lowest BCUT2D eigenvalue weighted by molar-refractivity contribution is -0.141. The Bertz CT molecular complexity index is 1250. The fourth-order valence-corrected chi connectivity index (χ4v) is 6.64. The Morgan fingerprint density at radius 2 is 2.00 bits per heavy atom. The van der Waals surface area contributed by atoms with Crippen LogP contribution in [0.3, 0.4) is 0 Å². The van der Waals surface area contributed by atoms with E-state index in [2.05, 4.69) is 15.6 Å². The number of aromatic amines is 1. The highest BCUT2D eigenvalue weighted by atomic mass is 32.2. The van der Waals surface area contributed by atoms with Gasteiger partial charge >= 0.3 is 0 Å². The fraction of sp³-hybridized carbons (Fsp3) is 0.583. The summed E-state index contributed by atoms with van der Waals surface area (Å²) >= 11 is 0. The van der Waals surface area contributed by atoms with Gasteiger partial charge in [0, 0.05) is 49.3 Å². The molecule has 10 nitrogen and oxygen atoms in total. The second-order valence-electron chi connectivity index (χ2n) is 9.69. The average Bonchev–Trinajstić information content (AvgIpc) is 3.54. The van der Waals surface area contributed by atoms with E-state index >= 15 is 0 Å². The molecule has 2 fully saturated rings. The Labute approximate surface area is 210 Å². The van der Waals surface area contributed by atoms with Gasteiger partial charge in [-0.05, 0) is 51.1 Å². The van der Waals surface area contributed by atoms with Crippen LogP contribution in [-0.4, -0.2) is 98.2 Å². The minimum absolute atomic E-state index is 0.204. The van der Waals surface area contributed by atoms with E-state index in [0.717, 1.165) is 10.9 Å². The van der Waals surface area contributed by atoms with Crippen LogP contribution < -0.4 is 10.6 Å². The number of H-pyrrole nitrogens is 1. The molecule has 1 aromatic heterocycles. The standard InChI is InChI=1S/C24H34FN5O5S/c1-13(26-3)23(31)28-21(14(2)35-4)24(32)29-9-8-20-22(29)18(12-30(20)36(5,33)34)17-11-27-19-10-15(25)6-7-16(17)19/h6-7,10-11,13-14,18,20-22,26-27H,8-9,12H2,1-5H3,(H,28,31). The number of benzene rings is 1. The molecule has 2 aliphatic rings. The van der Waals surface area contributed by atoms with Gasteiger partial charge in [0.25, 0.3) is 0 Å². The van der Waals surface area contributed by atoms with Crippen LogP contribution in [-0.2, 0) is 24.3 Å². The molecule has 3 N–H and O–H groups in total. The molecule has 0 bridgehead atoms. The van der Waals surface area contributed by atoms with Gasteiger partial charge in [-0.15, -0.1) is 0 Å². The molecule has 0 spiro atoms. The van der Waals surface area contributed by atoms with Crippen LogP contribution >= 0.6 is 0 Å². The van der Waals surface area contributed by atoms with Gasteiger partial charge in [0.1, 0.15) is 11.9 Å². The number of aromatic nitrogens is 1. The van der Waals surface area contributed by atoms with Crippen LogP contribution in [0.25, 0.3) is 10.9 Å². The molecule has 6 unspecified atom stereocenters. The van der Waals surface area contributed by atoms with Crippen LogP contribution in [0, 0.1) is 5.82 Å². The zero-order valence-corrected chi connectivity index (χ0v) is 21.9. The number of carbonyl (C=O) groups excluding carboxylic acids is 2. The monoisotopic (exact) mass is 523 g/mol. The number of methoxy groups -OCH3 is 1. The van der Waals surface area contributed by atoms with E-state index < -0.39 is 40.3 Å².